The average Bonchev–Trinajstić information content (AvgIpc) is 2.49. The molecule has 2 rings (SSSR count). The zero-order valence-electron chi connectivity index (χ0n) is 11.7. The molecule has 2 aromatic carbocycles. The van der Waals surface area contributed by atoms with Crippen LogP contribution in [0.5, 0.6) is 11.5 Å². The summed E-state index contributed by atoms with van der Waals surface area (Å²) in [6.07, 6.45) is -0.956. The molecule has 5 nitrogen and oxygen atoms in total. The van der Waals surface area contributed by atoms with E-state index in [0.29, 0.717) is 22.1 Å². The maximum atomic E-state index is 11.9. The van der Waals surface area contributed by atoms with Crippen molar-refractivity contribution < 1.29 is 24.2 Å². The SMILES string of the molecule is CC(Oc1ccc(OC(=O)c2ccc(Cl)cc2)cc1)C(=O)O. The van der Waals surface area contributed by atoms with Crippen molar-refractivity contribution in [2.24, 2.45) is 0 Å². The summed E-state index contributed by atoms with van der Waals surface area (Å²) in [7, 11) is 0. The minimum absolute atomic E-state index is 0.329. The second-order valence-electron chi connectivity index (χ2n) is 4.47. The van der Waals surface area contributed by atoms with Gasteiger partial charge in [0.25, 0.3) is 0 Å². The third-order valence-corrected chi connectivity index (χ3v) is 3.03. The molecular weight excluding hydrogens is 308 g/mol. The Bertz CT molecular complexity index is 664. The first kappa shape index (κ1) is 15.9. The zero-order valence-corrected chi connectivity index (χ0v) is 12.4. The van der Waals surface area contributed by atoms with Gasteiger partial charge in [0.2, 0.25) is 0 Å². The molecule has 0 saturated heterocycles. The molecule has 0 aliphatic heterocycles. The standard InChI is InChI=1S/C16H13ClO5/c1-10(15(18)19)21-13-6-8-14(9-7-13)22-16(20)11-2-4-12(17)5-3-11/h2-10H,1H3,(H,18,19). The molecule has 1 N–H and O–H groups in total. The van der Waals surface area contributed by atoms with Gasteiger partial charge in [-0.05, 0) is 55.5 Å². The van der Waals surface area contributed by atoms with E-state index >= 15 is 0 Å². The normalized spacial score (nSPS) is 11.5. The van der Waals surface area contributed by atoms with Gasteiger partial charge in [0.1, 0.15) is 11.5 Å². The number of rotatable bonds is 5. The van der Waals surface area contributed by atoms with Gasteiger partial charge in [0, 0.05) is 5.02 Å². The first-order valence-electron chi connectivity index (χ1n) is 6.43. The highest BCUT2D eigenvalue weighted by molar-refractivity contribution is 6.30. The Kier molecular flexibility index (Phi) is 5.01. The molecule has 0 fully saturated rings. The van der Waals surface area contributed by atoms with Crippen molar-refractivity contribution in [3.63, 3.8) is 0 Å². The molecule has 0 amide bonds. The number of benzene rings is 2. The zero-order chi connectivity index (χ0) is 16.1. The number of esters is 1. The van der Waals surface area contributed by atoms with E-state index in [-0.39, 0.29) is 0 Å². The second kappa shape index (κ2) is 6.95. The molecule has 0 heterocycles. The van der Waals surface area contributed by atoms with E-state index < -0.39 is 18.0 Å². The highest BCUT2D eigenvalue weighted by Gasteiger charge is 2.13. The fraction of sp³-hybridized carbons (Fsp3) is 0.125. The Labute approximate surface area is 132 Å². The lowest BCUT2D eigenvalue weighted by Gasteiger charge is -2.10. The summed E-state index contributed by atoms with van der Waals surface area (Å²) >= 11 is 5.75. The number of hydrogen-bond acceptors (Lipinski definition) is 4. The summed E-state index contributed by atoms with van der Waals surface area (Å²) in [6, 6.07) is 12.4. The largest absolute Gasteiger partial charge is 0.479 e. The molecule has 2 aromatic rings. The van der Waals surface area contributed by atoms with Crippen molar-refractivity contribution in [2.75, 3.05) is 0 Å². The number of carbonyl (C=O) groups is 2. The Morgan fingerprint density at radius 3 is 2.09 bits per heavy atom. The highest BCUT2D eigenvalue weighted by atomic mass is 35.5. The van der Waals surface area contributed by atoms with Crippen LogP contribution in [0.2, 0.25) is 5.02 Å². The number of aliphatic carboxylic acids is 1. The molecule has 6 heteroatoms. The predicted molar refractivity (Wildman–Crippen MR) is 80.6 cm³/mol. The van der Waals surface area contributed by atoms with Crippen LogP contribution >= 0.6 is 11.6 Å². The monoisotopic (exact) mass is 320 g/mol. The van der Waals surface area contributed by atoms with Gasteiger partial charge in [0.05, 0.1) is 5.56 Å². The minimum Gasteiger partial charge on any atom is -0.479 e. The lowest BCUT2D eigenvalue weighted by atomic mass is 10.2. The van der Waals surface area contributed by atoms with Crippen molar-refractivity contribution >= 4 is 23.5 Å². The van der Waals surface area contributed by atoms with Crippen LogP contribution in [-0.4, -0.2) is 23.1 Å². The second-order valence-corrected chi connectivity index (χ2v) is 4.90. The molecule has 1 unspecified atom stereocenters. The Morgan fingerprint density at radius 2 is 1.55 bits per heavy atom. The Morgan fingerprint density at radius 1 is 1.00 bits per heavy atom. The Balaban J connectivity index is 2.00. The van der Waals surface area contributed by atoms with Gasteiger partial charge in [0.15, 0.2) is 6.10 Å². The van der Waals surface area contributed by atoms with Crippen molar-refractivity contribution in [3.8, 4) is 11.5 Å². The number of carboxylic acid groups (broad SMARTS) is 1. The smallest absolute Gasteiger partial charge is 0.344 e. The predicted octanol–water partition coefficient (Wildman–Crippen LogP) is 3.41. The van der Waals surface area contributed by atoms with E-state index in [2.05, 4.69) is 0 Å². The van der Waals surface area contributed by atoms with E-state index in [1.165, 1.54) is 31.2 Å². The van der Waals surface area contributed by atoms with Gasteiger partial charge in [-0.3, -0.25) is 0 Å². The topological polar surface area (TPSA) is 72.8 Å². The van der Waals surface area contributed by atoms with Crippen molar-refractivity contribution in [1.29, 1.82) is 0 Å². The number of hydrogen-bond donors (Lipinski definition) is 1. The number of carboxylic acids is 1. The summed E-state index contributed by atoms with van der Waals surface area (Å²) in [6.45, 7) is 1.43. The highest BCUT2D eigenvalue weighted by Crippen LogP contribution is 2.20. The molecule has 1 atom stereocenters. The van der Waals surface area contributed by atoms with E-state index in [1.807, 2.05) is 0 Å². The first-order valence-corrected chi connectivity index (χ1v) is 6.81. The maximum Gasteiger partial charge on any atom is 0.344 e. The third kappa shape index (κ3) is 4.23. The third-order valence-electron chi connectivity index (χ3n) is 2.77. The van der Waals surface area contributed by atoms with E-state index in [1.54, 1.807) is 24.3 Å². The number of ether oxygens (including phenoxy) is 2. The number of carbonyl (C=O) groups excluding carboxylic acids is 1. The van der Waals surface area contributed by atoms with Crippen LogP contribution in [0.25, 0.3) is 0 Å². The van der Waals surface area contributed by atoms with Crippen molar-refractivity contribution in [2.45, 2.75) is 13.0 Å². The van der Waals surface area contributed by atoms with Crippen molar-refractivity contribution in [3.05, 3.63) is 59.1 Å². The molecule has 0 aliphatic carbocycles. The lowest BCUT2D eigenvalue weighted by molar-refractivity contribution is -0.144. The molecule has 22 heavy (non-hydrogen) atoms. The van der Waals surface area contributed by atoms with E-state index in [9.17, 15) is 9.59 Å². The molecule has 0 saturated carbocycles. The van der Waals surface area contributed by atoms with Crippen LogP contribution in [0.1, 0.15) is 17.3 Å². The quantitative estimate of drug-likeness (QED) is 0.675. The molecule has 0 spiro atoms. The van der Waals surface area contributed by atoms with Gasteiger partial charge < -0.3 is 14.6 Å². The number of halogens is 1. The fourth-order valence-corrected chi connectivity index (χ4v) is 1.72. The molecule has 0 aliphatic rings. The van der Waals surface area contributed by atoms with Crippen LogP contribution in [0.15, 0.2) is 48.5 Å². The van der Waals surface area contributed by atoms with Crippen LogP contribution in [0, 0.1) is 0 Å². The summed E-state index contributed by atoms with van der Waals surface area (Å²) < 4.78 is 10.4. The van der Waals surface area contributed by atoms with Crippen LogP contribution in [0.3, 0.4) is 0 Å². The van der Waals surface area contributed by atoms with Crippen LogP contribution in [-0.2, 0) is 4.79 Å². The molecule has 0 radical (unpaired) electrons. The van der Waals surface area contributed by atoms with Gasteiger partial charge in [-0.2, -0.15) is 0 Å². The van der Waals surface area contributed by atoms with Crippen LogP contribution in [0.4, 0.5) is 0 Å². The summed E-state index contributed by atoms with van der Waals surface area (Å²) in [5.41, 5.74) is 0.379. The maximum absolute atomic E-state index is 11.9. The first-order chi connectivity index (χ1) is 10.5. The van der Waals surface area contributed by atoms with Gasteiger partial charge in [-0.15, -0.1) is 0 Å². The van der Waals surface area contributed by atoms with E-state index in [0.717, 1.165) is 0 Å². The van der Waals surface area contributed by atoms with Gasteiger partial charge in [-0.25, -0.2) is 9.59 Å². The summed E-state index contributed by atoms with van der Waals surface area (Å²) in [4.78, 5) is 22.6. The fourth-order valence-electron chi connectivity index (χ4n) is 1.59. The average molecular weight is 321 g/mol. The minimum atomic E-state index is -1.06. The molecular formula is C16H13ClO5. The van der Waals surface area contributed by atoms with Crippen molar-refractivity contribution in [1.82, 2.24) is 0 Å². The van der Waals surface area contributed by atoms with Gasteiger partial charge >= 0.3 is 11.9 Å². The molecule has 114 valence electrons. The molecule has 0 bridgehead atoms. The summed E-state index contributed by atoms with van der Waals surface area (Å²) in [5, 5.41) is 9.29. The lowest BCUT2D eigenvalue weighted by Crippen LogP contribution is -2.22. The Hall–Kier alpha value is -2.53. The summed E-state index contributed by atoms with van der Waals surface area (Å²) in [5.74, 6) is -0.862. The molecule has 0 aromatic heterocycles. The van der Waals surface area contributed by atoms with Crippen LogP contribution < -0.4 is 9.47 Å². The van der Waals surface area contributed by atoms with E-state index in [4.69, 9.17) is 26.2 Å². The van der Waals surface area contributed by atoms with Gasteiger partial charge in [-0.1, -0.05) is 11.6 Å².